The van der Waals surface area contributed by atoms with Gasteiger partial charge >= 0.3 is 7.12 Å². The molecule has 0 aliphatic carbocycles. The first-order valence-corrected chi connectivity index (χ1v) is 11.1. The molecule has 0 bridgehead atoms. The van der Waals surface area contributed by atoms with Crippen LogP contribution in [0.3, 0.4) is 0 Å². The van der Waals surface area contributed by atoms with Crippen molar-refractivity contribution < 1.29 is 13.7 Å². The summed E-state index contributed by atoms with van der Waals surface area (Å²) in [5.74, 6) is 0. The molecule has 0 atom stereocenters. The number of hydrogen-bond acceptors (Lipinski definition) is 3. The molecule has 0 spiro atoms. The Bertz CT molecular complexity index is 1460. The summed E-state index contributed by atoms with van der Waals surface area (Å²) in [5.41, 5.74) is 4.16. The van der Waals surface area contributed by atoms with Crippen LogP contribution >= 0.6 is 0 Å². The molecule has 5 aromatic rings. The van der Waals surface area contributed by atoms with E-state index in [0.29, 0.717) is 0 Å². The molecule has 0 radical (unpaired) electrons. The van der Waals surface area contributed by atoms with Crippen molar-refractivity contribution in [3.05, 3.63) is 78.9 Å². The van der Waals surface area contributed by atoms with Crippen LogP contribution < -0.4 is 5.46 Å². The van der Waals surface area contributed by atoms with Gasteiger partial charge in [-0.3, -0.25) is 0 Å². The largest absolute Gasteiger partial charge is 0.495 e. The monoisotopic (exact) mass is 420 g/mol. The zero-order chi connectivity index (χ0) is 22.1. The number of fused-ring (bicyclic) bond motifs is 5. The molecule has 3 nitrogen and oxygen atoms in total. The highest BCUT2D eigenvalue weighted by Gasteiger charge is 2.52. The Kier molecular flexibility index (Phi) is 4.11. The van der Waals surface area contributed by atoms with Gasteiger partial charge in [0.2, 0.25) is 0 Å². The molecule has 32 heavy (non-hydrogen) atoms. The van der Waals surface area contributed by atoms with Gasteiger partial charge in [0.15, 0.2) is 0 Å². The van der Waals surface area contributed by atoms with E-state index in [2.05, 4.69) is 100 Å². The van der Waals surface area contributed by atoms with Crippen molar-refractivity contribution in [2.45, 2.75) is 38.9 Å². The van der Waals surface area contributed by atoms with Crippen LogP contribution in [0.5, 0.6) is 0 Å². The SMILES string of the molecule is CC1(C)OB(c2ccc(-c3ccccc3)c3oc4c5ccccc5ccc4c23)OC1(C)C. The molecule has 6 rings (SSSR count). The predicted octanol–water partition coefficient (Wildman–Crippen LogP) is 6.71. The fraction of sp³-hybridized carbons (Fsp3) is 0.214. The molecule has 158 valence electrons. The van der Waals surface area contributed by atoms with Gasteiger partial charge < -0.3 is 13.7 Å². The molecule has 4 aromatic carbocycles. The lowest BCUT2D eigenvalue weighted by Crippen LogP contribution is -2.41. The van der Waals surface area contributed by atoms with Crippen molar-refractivity contribution in [3.63, 3.8) is 0 Å². The highest BCUT2D eigenvalue weighted by molar-refractivity contribution is 6.66. The smallest absolute Gasteiger partial charge is 0.455 e. The summed E-state index contributed by atoms with van der Waals surface area (Å²) in [6.07, 6.45) is 0. The third-order valence-electron chi connectivity index (χ3n) is 7.13. The van der Waals surface area contributed by atoms with Gasteiger partial charge in [0.05, 0.1) is 11.2 Å². The second kappa shape index (κ2) is 6.71. The first-order chi connectivity index (χ1) is 15.4. The van der Waals surface area contributed by atoms with Crippen molar-refractivity contribution in [3.8, 4) is 11.1 Å². The Labute approximate surface area is 188 Å². The predicted molar refractivity (Wildman–Crippen MR) is 132 cm³/mol. The van der Waals surface area contributed by atoms with Crippen LogP contribution in [0.25, 0.3) is 43.8 Å². The third-order valence-corrected chi connectivity index (χ3v) is 7.13. The molecule has 1 fully saturated rings. The summed E-state index contributed by atoms with van der Waals surface area (Å²) in [5, 5.41) is 4.42. The highest BCUT2D eigenvalue weighted by Crippen LogP contribution is 2.41. The van der Waals surface area contributed by atoms with Crippen molar-refractivity contribution in [1.82, 2.24) is 0 Å². The fourth-order valence-corrected chi connectivity index (χ4v) is 4.65. The molecular weight excluding hydrogens is 395 g/mol. The molecule has 0 amide bonds. The molecule has 0 N–H and O–H groups in total. The maximum atomic E-state index is 6.64. The van der Waals surface area contributed by atoms with Crippen molar-refractivity contribution in [2.75, 3.05) is 0 Å². The topological polar surface area (TPSA) is 31.6 Å². The van der Waals surface area contributed by atoms with E-state index in [-0.39, 0.29) is 0 Å². The van der Waals surface area contributed by atoms with Crippen LogP contribution in [0.4, 0.5) is 0 Å². The Balaban J connectivity index is 1.69. The molecule has 4 heteroatoms. The summed E-state index contributed by atoms with van der Waals surface area (Å²) in [6.45, 7) is 8.35. The number of rotatable bonds is 2. The Hall–Kier alpha value is -3.08. The van der Waals surface area contributed by atoms with E-state index in [1.165, 1.54) is 0 Å². The minimum atomic E-state index is -0.459. The Morgan fingerprint density at radius 1 is 0.625 bits per heavy atom. The maximum Gasteiger partial charge on any atom is 0.495 e. The van der Waals surface area contributed by atoms with Crippen LogP contribution in [0, 0.1) is 0 Å². The van der Waals surface area contributed by atoms with Gasteiger partial charge in [-0.2, -0.15) is 0 Å². The first kappa shape index (κ1) is 19.6. The van der Waals surface area contributed by atoms with Crippen LogP contribution in [-0.4, -0.2) is 18.3 Å². The lowest BCUT2D eigenvalue weighted by molar-refractivity contribution is 0.00578. The summed E-state index contributed by atoms with van der Waals surface area (Å²) in [4.78, 5) is 0. The summed E-state index contributed by atoms with van der Waals surface area (Å²) in [6, 6.07) is 27.3. The quantitative estimate of drug-likeness (QED) is 0.298. The number of furan rings is 1. The van der Waals surface area contributed by atoms with Gasteiger partial charge in [-0.1, -0.05) is 72.8 Å². The molecular formula is C28H25BO3. The van der Waals surface area contributed by atoms with E-state index in [1.807, 2.05) is 6.07 Å². The van der Waals surface area contributed by atoms with Crippen molar-refractivity contribution in [2.24, 2.45) is 0 Å². The minimum Gasteiger partial charge on any atom is -0.455 e. The molecule has 2 heterocycles. The summed E-state index contributed by atoms with van der Waals surface area (Å²) >= 11 is 0. The minimum absolute atomic E-state index is 0.408. The lowest BCUT2D eigenvalue weighted by Gasteiger charge is -2.32. The third kappa shape index (κ3) is 2.76. The summed E-state index contributed by atoms with van der Waals surface area (Å²) in [7, 11) is -0.459. The maximum absolute atomic E-state index is 6.64. The Morgan fingerprint density at radius 3 is 2.06 bits per heavy atom. The number of hydrogen-bond donors (Lipinski definition) is 0. The van der Waals surface area contributed by atoms with Crippen LogP contribution in [0.1, 0.15) is 27.7 Å². The second-order valence-corrected chi connectivity index (χ2v) is 9.63. The average Bonchev–Trinajstić information content (AvgIpc) is 3.28. The van der Waals surface area contributed by atoms with Crippen LogP contribution in [0.2, 0.25) is 0 Å². The van der Waals surface area contributed by atoms with Crippen LogP contribution in [0.15, 0.2) is 83.3 Å². The van der Waals surface area contributed by atoms with E-state index < -0.39 is 18.3 Å². The van der Waals surface area contributed by atoms with Gasteiger partial charge in [-0.15, -0.1) is 0 Å². The van der Waals surface area contributed by atoms with Gasteiger partial charge in [0.25, 0.3) is 0 Å². The average molecular weight is 420 g/mol. The van der Waals surface area contributed by atoms with E-state index >= 15 is 0 Å². The van der Waals surface area contributed by atoms with Crippen LogP contribution in [-0.2, 0) is 9.31 Å². The normalized spacial score (nSPS) is 17.6. The van der Waals surface area contributed by atoms with E-state index in [0.717, 1.165) is 49.3 Å². The van der Waals surface area contributed by atoms with Gasteiger partial charge in [0, 0.05) is 21.7 Å². The standard InChI is InChI=1S/C28H25BO3/c1-27(2)28(3,4)32-29(31-27)23-17-16-21(18-10-6-5-7-11-18)26-24(23)22-15-14-19-12-8-9-13-20(19)25(22)30-26/h5-17H,1-4H3. The van der Waals surface area contributed by atoms with Crippen molar-refractivity contribution in [1.29, 1.82) is 0 Å². The van der Waals surface area contributed by atoms with Gasteiger partial charge in [0.1, 0.15) is 11.2 Å². The van der Waals surface area contributed by atoms with E-state index in [4.69, 9.17) is 13.7 Å². The van der Waals surface area contributed by atoms with E-state index in [1.54, 1.807) is 0 Å². The first-order valence-electron chi connectivity index (χ1n) is 11.1. The molecule has 0 saturated carbocycles. The van der Waals surface area contributed by atoms with Gasteiger partial charge in [-0.05, 0) is 50.2 Å². The Morgan fingerprint density at radius 2 is 1.31 bits per heavy atom. The highest BCUT2D eigenvalue weighted by atomic mass is 16.7. The zero-order valence-corrected chi connectivity index (χ0v) is 18.8. The second-order valence-electron chi connectivity index (χ2n) is 9.63. The van der Waals surface area contributed by atoms with Gasteiger partial charge in [-0.25, -0.2) is 0 Å². The molecule has 0 unspecified atom stereocenters. The zero-order valence-electron chi connectivity index (χ0n) is 18.8. The fourth-order valence-electron chi connectivity index (χ4n) is 4.65. The molecule has 1 saturated heterocycles. The molecule has 1 aliphatic heterocycles. The lowest BCUT2D eigenvalue weighted by atomic mass is 9.75. The van der Waals surface area contributed by atoms with Crippen molar-refractivity contribution >= 4 is 45.3 Å². The number of benzene rings is 4. The summed E-state index contributed by atoms with van der Waals surface area (Å²) < 4.78 is 19.5. The molecule has 1 aliphatic rings. The van der Waals surface area contributed by atoms with E-state index in [9.17, 15) is 0 Å². The molecule has 1 aromatic heterocycles.